The maximum Gasteiger partial charge on any atom is 0.410 e. The van der Waals surface area contributed by atoms with Crippen LogP contribution in [-0.2, 0) is 4.74 Å². The minimum absolute atomic E-state index is 0.144. The van der Waals surface area contributed by atoms with Crippen LogP contribution in [0.3, 0.4) is 0 Å². The molecule has 2 aromatic rings. The number of benzene rings is 1. The number of piperazine rings is 1. The molecule has 0 bridgehead atoms. The quantitative estimate of drug-likeness (QED) is 0.812. The minimum atomic E-state index is -0.475. The number of fused-ring (bicyclic) bond motifs is 1. The zero-order chi connectivity index (χ0) is 20.3. The number of nitrogens with two attached hydrogens (primary N) is 2. The lowest BCUT2D eigenvalue weighted by Crippen LogP contribution is -2.50. The van der Waals surface area contributed by atoms with Gasteiger partial charge in [-0.05, 0) is 32.9 Å². The fourth-order valence-electron chi connectivity index (χ4n) is 3.08. The first-order chi connectivity index (χ1) is 13.2. The van der Waals surface area contributed by atoms with Crippen LogP contribution in [-0.4, -0.2) is 70.8 Å². The van der Waals surface area contributed by atoms with Gasteiger partial charge in [0.2, 0.25) is 5.95 Å². The Morgan fingerprint density at radius 1 is 1.14 bits per heavy atom. The molecule has 1 amide bonds. The predicted molar refractivity (Wildman–Crippen MR) is 108 cm³/mol. The summed E-state index contributed by atoms with van der Waals surface area (Å²) in [6, 6.07) is 5.52. The molecule has 1 aromatic carbocycles. The molecule has 0 spiro atoms. The number of hydrogen-bond donors (Lipinski definition) is 2. The maximum absolute atomic E-state index is 12.1. The third-order valence-electron chi connectivity index (χ3n) is 4.42. The van der Waals surface area contributed by atoms with E-state index in [9.17, 15) is 4.79 Å². The van der Waals surface area contributed by atoms with Crippen molar-refractivity contribution < 1.29 is 14.3 Å². The SMILES string of the molecule is CC(C)(C)OC(=O)N1CCN(CCOc2cccc3nc(N)nc(N)c23)CC1. The Labute approximate surface area is 164 Å². The zero-order valence-corrected chi connectivity index (χ0v) is 16.6. The summed E-state index contributed by atoms with van der Waals surface area (Å²) >= 11 is 0. The van der Waals surface area contributed by atoms with Crippen molar-refractivity contribution in [3.63, 3.8) is 0 Å². The smallest absolute Gasteiger partial charge is 0.410 e. The van der Waals surface area contributed by atoms with Crippen LogP contribution in [0, 0.1) is 0 Å². The van der Waals surface area contributed by atoms with Gasteiger partial charge < -0.3 is 25.8 Å². The molecule has 9 heteroatoms. The second-order valence-electron chi connectivity index (χ2n) is 7.77. The van der Waals surface area contributed by atoms with Gasteiger partial charge in [0.25, 0.3) is 0 Å². The van der Waals surface area contributed by atoms with E-state index in [2.05, 4.69) is 14.9 Å². The van der Waals surface area contributed by atoms with Gasteiger partial charge in [-0.2, -0.15) is 4.98 Å². The Kier molecular flexibility index (Phi) is 5.73. The molecule has 0 aliphatic carbocycles. The molecule has 2 heterocycles. The molecule has 0 unspecified atom stereocenters. The third-order valence-corrected chi connectivity index (χ3v) is 4.42. The summed E-state index contributed by atoms with van der Waals surface area (Å²) in [7, 11) is 0. The van der Waals surface area contributed by atoms with Gasteiger partial charge in [-0.3, -0.25) is 4.90 Å². The molecule has 4 N–H and O–H groups in total. The number of anilines is 2. The van der Waals surface area contributed by atoms with Crippen molar-refractivity contribution in [2.24, 2.45) is 0 Å². The zero-order valence-electron chi connectivity index (χ0n) is 16.6. The monoisotopic (exact) mass is 388 g/mol. The Balaban J connectivity index is 1.51. The summed E-state index contributed by atoms with van der Waals surface area (Å²) in [5.41, 5.74) is 11.8. The number of carbonyl (C=O) groups excluding carboxylic acids is 1. The van der Waals surface area contributed by atoms with Crippen LogP contribution in [0.25, 0.3) is 10.9 Å². The maximum atomic E-state index is 12.1. The van der Waals surface area contributed by atoms with Crippen LogP contribution in [0.1, 0.15) is 20.8 Å². The van der Waals surface area contributed by atoms with Crippen molar-refractivity contribution in [1.29, 1.82) is 0 Å². The molecule has 1 aliphatic rings. The molecule has 3 rings (SSSR count). The number of ether oxygens (including phenoxy) is 2. The van der Waals surface area contributed by atoms with Gasteiger partial charge in [0.05, 0.1) is 10.9 Å². The molecule has 0 atom stereocenters. The molecule has 0 radical (unpaired) electrons. The third kappa shape index (κ3) is 4.92. The van der Waals surface area contributed by atoms with Crippen molar-refractivity contribution in [2.75, 3.05) is 50.8 Å². The number of nitrogen functional groups attached to an aromatic ring is 2. The first kappa shape index (κ1) is 19.9. The Bertz CT molecular complexity index is 843. The van der Waals surface area contributed by atoms with E-state index in [0.717, 1.165) is 19.6 Å². The Morgan fingerprint density at radius 2 is 1.86 bits per heavy atom. The molecular weight excluding hydrogens is 360 g/mol. The summed E-state index contributed by atoms with van der Waals surface area (Å²) in [5, 5.41) is 0.673. The first-order valence-corrected chi connectivity index (χ1v) is 9.38. The normalized spacial score (nSPS) is 15.6. The molecule has 28 heavy (non-hydrogen) atoms. The van der Waals surface area contributed by atoms with Crippen molar-refractivity contribution in [3.8, 4) is 5.75 Å². The molecule has 0 saturated carbocycles. The summed E-state index contributed by atoms with van der Waals surface area (Å²) in [4.78, 5) is 24.3. The van der Waals surface area contributed by atoms with Crippen LogP contribution in [0.15, 0.2) is 18.2 Å². The van der Waals surface area contributed by atoms with Crippen molar-refractivity contribution in [3.05, 3.63) is 18.2 Å². The van der Waals surface area contributed by atoms with Gasteiger partial charge in [0.15, 0.2) is 0 Å². The largest absolute Gasteiger partial charge is 0.491 e. The second-order valence-corrected chi connectivity index (χ2v) is 7.77. The number of carbonyl (C=O) groups is 1. The van der Waals surface area contributed by atoms with E-state index in [0.29, 0.717) is 42.2 Å². The number of aromatic nitrogens is 2. The van der Waals surface area contributed by atoms with E-state index in [1.54, 1.807) is 4.90 Å². The van der Waals surface area contributed by atoms with E-state index in [-0.39, 0.29) is 12.0 Å². The minimum Gasteiger partial charge on any atom is -0.491 e. The van der Waals surface area contributed by atoms with Crippen LogP contribution in [0.4, 0.5) is 16.6 Å². The molecule has 1 aromatic heterocycles. The van der Waals surface area contributed by atoms with E-state index >= 15 is 0 Å². The average Bonchev–Trinajstić information content (AvgIpc) is 2.60. The lowest BCUT2D eigenvalue weighted by Gasteiger charge is -2.35. The van der Waals surface area contributed by atoms with E-state index in [4.69, 9.17) is 20.9 Å². The van der Waals surface area contributed by atoms with E-state index < -0.39 is 5.60 Å². The highest BCUT2D eigenvalue weighted by Crippen LogP contribution is 2.29. The van der Waals surface area contributed by atoms with Gasteiger partial charge in [-0.1, -0.05) is 6.07 Å². The van der Waals surface area contributed by atoms with Gasteiger partial charge >= 0.3 is 6.09 Å². The summed E-state index contributed by atoms with van der Waals surface area (Å²) in [6.45, 7) is 9.70. The highest BCUT2D eigenvalue weighted by atomic mass is 16.6. The topological polar surface area (TPSA) is 120 Å². The van der Waals surface area contributed by atoms with Gasteiger partial charge in [-0.15, -0.1) is 0 Å². The highest BCUT2D eigenvalue weighted by Gasteiger charge is 2.25. The van der Waals surface area contributed by atoms with E-state index in [1.165, 1.54) is 0 Å². The Morgan fingerprint density at radius 3 is 2.54 bits per heavy atom. The first-order valence-electron chi connectivity index (χ1n) is 9.38. The molecular formula is C19H28N6O3. The predicted octanol–water partition coefficient (Wildman–Crippen LogP) is 1.73. The van der Waals surface area contributed by atoms with Gasteiger partial charge in [0, 0.05) is 32.7 Å². The van der Waals surface area contributed by atoms with Gasteiger partial charge in [0.1, 0.15) is 23.8 Å². The van der Waals surface area contributed by atoms with Crippen molar-refractivity contribution >= 4 is 28.8 Å². The van der Waals surface area contributed by atoms with Crippen molar-refractivity contribution in [1.82, 2.24) is 19.8 Å². The lowest BCUT2D eigenvalue weighted by molar-refractivity contribution is 0.0137. The fourth-order valence-corrected chi connectivity index (χ4v) is 3.08. The number of rotatable bonds is 4. The van der Waals surface area contributed by atoms with Crippen LogP contribution >= 0.6 is 0 Å². The van der Waals surface area contributed by atoms with Crippen LogP contribution in [0.2, 0.25) is 0 Å². The summed E-state index contributed by atoms with van der Waals surface area (Å²) in [5.74, 6) is 1.09. The fraction of sp³-hybridized carbons (Fsp3) is 0.526. The van der Waals surface area contributed by atoms with Crippen LogP contribution in [0.5, 0.6) is 5.75 Å². The summed E-state index contributed by atoms with van der Waals surface area (Å²) in [6.07, 6.45) is -0.256. The number of nitrogens with zero attached hydrogens (tertiary/aromatic N) is 4. The Hall–Kier alpha value is -2.81. The van der Waals surface area contributed by atoms with Crippen molar-refractivity contribution in [2.45, 2.75) is 26.4 Å². The molecule has 1 fully saturated rings. The summed E-state index contributed by atoms with van der Waals surface area (Å²) < 4.78 is 11.4. The lowest BCUT2D eigenvalue weighted by atomic mass is 10.2. The van der Waals surface area contributed by atoms with E-state index in [1.807, 2.05) is 39.0 Å². The molecule has 1 saturated heterocycles. The average molecular weight is 388 g/mol. The highest BCUT2D eigenvalue weighted by molar-refractivity contribution is 5.94. The van der Waals surface area contributed by atoms with Crippen LogP contribution < -0.4 is 16.2 Å². The molecule has 152 valence electrons. The molecule has 9 nitrogen and oxygen atoms in total. The number of hydrogen-bond acceptors (Lipinski definition) is 8. The standard InChI is InChI=1S/C19H28N6O3/c1-19(2,3)28-18(26)25-9-7-24(8-10-25)11-12-27-14-6-4-5-13-15(14)16(20)23-17(21)22-13/h4-6H,7-12H2,1-3H3,(H4,20,21,22,23). The number of amides is 1. The molecule has 1 aliphatic heterocycles. The van der Waals surface area contributed by atoms with Gasteiger partial charge in [-0.25, -0.2) is 9.78 Å². The second kappa shape index (κ2) is 8.05.